The Bertz CT molecular complexity index is 785. The number of carbonyl (C=O) groups excluding carboxylic acids is 2. The minimum atomic E-state index is -0.308. The van der Waals surface area contributed by atoms with Crippen LogP contribution in [0.15, 0.2) is 30.3 Å². The van der Waals surface area contributed by atoms with Gasteiger partial charge in [0, 0.05) is 25.2 Å². The molecule has 138 valence electrons. The Labute approximate surface area is 153 Å². The molecule has 1 aromatic heterocycles. The average molecular weight is 355 g/mol. The van der Waals surface area contributed by atoms with Gasteiger partial charge in [-0.05, 0) is 26.9 Å². The van der Waals surface area contributed by atoms with Crippen LogP contribution >= 0.6 is 0 Å². The Balaban J connectivity index is 1.93. The SMILES string of the molecule is CCNC(=O)CNC(=O)c1nc(-c2ccccc2)n2c1CN(C)CCC2. The molecule has 1 aromatic carbocycles. The van der Waals surface area contributed by atoms with E-state index in [1.807, 2.05) is 44.3 Å². The molecular weight excluding hydrogens is 330 g/mol. The number of likely N-dealkylation sites (N-methyl/N-ethyl adjacent to an activating group) is 1. The van der Waals surface area contributed by atoms with Gasteiger partial charge >= 0.3 is 0 Å². The summed E-state index contributed by atoms with van der Waals surface area (Å²) in [7, 11) is 2.04. The number of benzene rings is 1. The molecule has 0 bridgehead atoms. The zero-order valence-corrected chi connectivity index (χ0v) is 15.3. The summed E-state index contributed by atoms with van der Waals surface area (Å²) in [4.78, 5) is 31.2. The summed E-state index contributed by atoms with van der Waals surface area (Å²) < 4.78 is 2.14. The average Bonchev–Trinajstić information content (AvgIpc) is 2.87. The van der Waals surface area contributed by atoms with E-state index in [9.17, 15) is 9.59 Å². The molecule has 0 aliphatic carbocycles. The molecule has 1 aliphatic heterocycles. The molecule has 0 saturated heterocycles. The van der Waals surface area contributed by atoms with Crippen LogP contribution in [0.4, 0.5) is 0 Å². The number of nitrogens with one attached hydrogen (secondary N) is 2. The summed E-state index contributed by atoms with van der Waals surface area (Å²) in [6.07, 6.45) is 1.000. The zero-order chi connectivity index (χ0) is 18.5. The molecule has 0 spiro atoms. The lowest BCUT2D eigenvalue weighted by Crippen LogP contribution is -2.37. The van der Waals surface area contributed by atoms with Crippen molar-refractivity contribution >= 4 is 11.8 Å². The van der Waals surface area contributed by atoms with Crippen LogP contribution in [0.25, 0.3) is 11.4 Å². The largest absolute Gasteiger partial charge is 0.355 e. The van der Waals surface area contributed by atoms with E-state index in [2.05, 4.69) is 25.1 Å². The van der Waals surface area contributed by atoms with E-state index in [0.29, 0.717) is 18.8 Å². The van der Waals surface area contributed by atoms with E-state index in [-0.39, 0.29) is 18.4 Å². The van der Waals surface area contributed by atoms with E-state index in [1.54, 1.807) is 0 Å². The fourth-order valence-corrected chi connectivity index (χ4v) is 3.21. The predicted octanol–water partition coefficient (Wildman–Crippen LogP) is 1.25. The summed E-state index contributed by atoms with van der Waals surface area (Å²) in [5.41, 5.74) is 2.29. The van der Waals surface area contributed by atoms with Gasteiger partial charge in [0.05, 0.1) is 12.2 Å². The smallest absolute Gasteiger partial charge is 0.272 e. The number of nitrogens with zero attached hydrogens (tertiary/aromatic N) is 3. The zero-order valence-electron chi connectivity index (χ0n) is 15.3. The standard InChI is InChI=1S/C19H25N5O2/c1-3-20-16(25)12-21-19(26)17-15-13-23(2)10-7-11-24(15)18(22-17)14-8-5-4-6-9-14/h4-6,8-9H,3,7,10-13H2,1-2H3,(H,20,25)(H,21,26). The van der Waals surface area contributed by atoms with Crippen molar-refractivity contribution < 1.29 is 9.59 Å². The minimum Gasteiger partial charge on any atom is -0.355 e. The first-order valence-electron chi connectivity index (χ1n) is 8.98. The fraction of sp³-hybridized carbons (Fsp3) is 0.421. The molecule has 3 rings (SSSR count). The topological polar surface area (TPSA) is 79.3 Å². The van der Waals surface area contributed by atoms with Gasteiger partial charge in [0.25, 0.3) is 5.91 Å². The molecule has 0 atom stereocenters. The molecule has 7 heteroatoms. The number of hydrogen-bond acceptors (Lipinski definition) is 4. The maximum absolute atomic E-state index is 12.7. The molecule has 26 heavy (non-hydrogen) atoms. The lowest BCUT2D eigenvalue weighted by atomic mass is 10.2. The van der Waals surface area contributed by atoms with Crippen molar-refractivity contribution in [1.29, 1.82) is 0 Å². The molecule has 0 saturated carbocycles. The van der Waals surface area contributed by atoms with Crippen LogP contribution in [-0.2, 0) is 17.9 Å². The van der Waals surface area contributed by atoms with E-state index < -0.39 is 0 Å². The van der Waals surface area contributed by atoms with Gasteiger partial charge in [-0.3, -0.25) is 9.59 Å². The molecule has 7 nitrogen and oxygen atoms in total. The highest BCUT2D eigenvalue weighted by atomic mass is 16.2. The molecular formula is C19H25N5O2. The molecule has 2 amide bonds. The van der Waals surface area contributed by atoms with Crippen molar-refractivity contribution in [2.24, 2.45) is 0 Å². The van der Waals surface area contributed by atoms with Crippen LogP contribution in [0.3, 0.4) is 0 Å². The Hall–Kier alpha value is -2.67. The van der Waals surface area contributed by atoms with Gasteiger partial charge < -0.3 is 20.1 Å². The van der Waals surface area contributed by atoms with Crippen LogP contribution in [-0.4, -0.2) is 52.9 Å². The second-order valence-electron chi connectivity index (χ2n) is 6.48. The van der Waals surface area contributed by atoms with Crippen LogP contribution in [0.2, 0.25) is 0 Å². The number of aromatic nitrogens is 2. The number of imidazole rings is 1. The number of carbonyl (C=O) groups is 2. The normalized spacial score (nSPS) is 14.4. The van der Waals surface area contributed by atoms with E-state index in [4.69, 9.17) is 0 Å². The van der Waals surface area contributed by atoms with Crippen molar-refractivity contribution in [2.45, 2.75) is 26.4 Å². The van der Waals surface area contributed by atoms with Crippen molar-refractivity contribution in [3.05, 3.63) is 41.7 Å². The highest BCUT2D eigenvalue weighted by Gasteiger charge is 2.25. The Morgan fingerprint density at radius 3 is 2.65 bits per heavy atom. The second kappa shape index (κ2) is 8.14. The van der Waals surface area contributed by atoms with Gasteiger partial charge in [0.15, 0.2) is 5.69 Å². The Kier molecular flexibility index (Phi) is 5.68. The van der Waals surface area contributed by atoms with Crippen molar-refractivity contribution in [1.82, 2.24) is 25.1 Å². The third kappa shape index (κ3) is 3.94. The van der Waals surface area contributed by atoms with Crippen LogP contribution < -0.4 is 10.6 Å². The monoisotopic (exact) mass is 355 g/mol. The van der Waals surface area contributed by atoms with Crippen molar-refractivity contribution in [3.63, 3.8) is 0 Å². The summed E-state index contributed by atoms with van der Waals surface area (Å²) >= 11 is 0. The van der Waals surface area contributed by atoms with Crippen LogP contribution in [0.1, 0.15) is 29.5 Å². The second-order valence-corrected chi connectivity index (χ2v) is 6.48. The van der Waals surface area contributed by atoms with Crippen molar-refractivity contribution in [2.75, 3.05) is 26.7 Å². The maximum atomic E-state index is 12.7. The third-order valence-corrected chi connectivity index (χ3v) is 4.44. The summed E-state index contributed by atoms with van der Waals surface area (Å²) in [5, 5.41) is 5.36. The van der Waals surface area contributed by atoms with Gasteiger partial charge in [-0.15, -0.1) is 0 Å². The molecule has 0 unspecified atom stereocenters. The molecule has 2 heterocycles. The predicted molar refractivity (Wildman–Crippen MR) is 99.6 cm³/mol. The number of amides is 2. The molecule has 0 fully saturated rings. The summed E-state index contributed by atoms with van der Waals surface area (Å²) in [6, 6.07) is 9.90. The Morgan fingerprint density at radius 1 is 1.15 bits per heavy atom. The number of rotatable bonds is 5. The lowest BCUT2D eigenvalue weighted by molar-refractivity contribution is -0.120. The fourth-order valence-electron chi connectivity index (χ4n) is 3.21. The number of fused-ring (bicyclic) bond motifs is 1. The Morgan fingerprint density at radius 2 is 1.92 bits per heavy atom. The number of hydrogen-bond donors (Lipinski definition) is 2. The van der Waals surface area contributed by atoms with Crippen LogP contribution in [0.5, 0.6) is 0 Å². The first-order valence-corrected chi connectivity index (χ1v) is 8.98. The first-order chi connectivity index (χ1) is 12.6. The molecule has 0 radical (unpaired) electrons. The molecule has 2 N–H and O–H groups in total. The highest BCUT2D eigenvalue weighted by molar-refractivity contribution is 5.96. The van der Waals surface area contributed by atoms with Crippen LogP contribution in [0, 0.1) is 0 Å². The van der Waals surface area contributed by atoms with E-state index in [1.165, 1.54) is 0 Å². The van der Waals surface area contributed by atoms with E-state index >= 15 is 0 Å². The lowest BCUT2D eigenvalue weighted by Gasteiger charge is -2.13. The van der Waals surface area contributed by atoms with Gasteiger partial charge in [-0.1, -0.05) is 30.3 Å². The quantitative estimate of drug-likeness (QED) is 0.846. The van der Waals surface area contributed by atoms with Gasteiger partial charge in [0.1, 0.15) is 5.82 Å². The van der Waals surface area contributed by atoms with Crippen molar-refractivity contribution in [3.8, 4) is 11.4 Å². The molecule has 1 aliphatic rings. The van der Waals surface area contributed by atoms with Gasteiger partial charge in [-0.25, -0.2) is 4.98 Å². The van der Waals surface area contributed by atoms with Gasteiger partial charge in [0.2, 0.25) is 5.91 Å². The van der Waals surface area contributed by atoms with E-state index in [0.717, 1.165) is 36.6 Å². The van der Waals surface area contributed by atoms with Gasteiger partial charge in [-0.2, -0.15) is 0 Å². The highest BCUT2D eigenvalue weighted by Crippen LogP contribution is 2.25. The summed E-state index contributed by atoms with van der Waals surface area (Å²) in [6.45, 7) is 4.78. The summed E-state index contributed by atoms with van der Waals surface area (Å²) in [5.74, 6) is 0.295. The maximum Gasteiger partial charge on any atom is 0.272 e. The first kappa shape index (κ1) is 18.1. The molecule has 2 aromatic rings. The third-order valence-electron chi connectivity index (χ3n) is 4.44. The minimum absolute atomic E-state index is 0.0461.